The molecule has 2 amide bonds. The molecule has 2 fully saturated rings. The van der Waals surface area contributed by atoms with Crippen LogP contribution in [0.2, 0.25) is 5.02 Å². The first-order chi connectivity index (χ1) is 9.16. The van der Waals surface area contributed by atoms with Crippen molar-refractivity contribution in [3.05, 3.63) is 41.4 Å². The van der Waals surface area contributed by atoms with Crippen LogP contribution in [0.1, 0.15) is 6.42 Å². The fourth-order valence-corrected chi connectivity index (χ4v) is 3.87. The maximum atomic E-state index is 12.5. The molecular formula is C15H12ClNO2. The number of hydrogen-bond acceptors (Lipinski definition) is 2. The Kier molecular flexibility index (Phi) is 2.19. The number of anilines is 1. The molecule has 1 saturated carbocycles. The van der Waals surface area contributed by atoms with Gasteiger partial charge in [0, 0.05) is 5.02 Å². The van der Waals surface area contributed by atoms with Gasteiger partial charge in [-0.25, -0.2) is 0 Å². The van der Waals surface area contributed by atoms with Crippen LogP contribution in [0.15, 0.2) is 36.4 Å². The molecule has 0 unspecified atom stereocenters. The Morgan fingerprint density at radius 2 is 1.47 bits per heavy atom. The number of carbonyl (C=O) groups is 2. The fourth-order valence-electron chi connectivity index (χ4n) is 3.75. The van der Waals surface area contributed by atoms with Gasteiger partial charge in [0.2, 0.25) is 11.8 Å². The Bertz CT molecular complexity index is 577. The van der Waals surface area contributed by atoms with Gasteiger partial charge in [0.15, 0.2) is 0 Å². The van der Waals surface area contributed by atoms with Crippen molar-refractivity contribution >= 4 is 29.1 Å². The van der Waals surface area contributed by atoms with Gasteiger partial charge in [-0.2, -0.15) is 0 Å². The molecule has 3 aliphatic rings. The Hall–Kier alpha value is -1.61. The van der Waals surface area contributed by atoms with Gasteiger partial charge >= 0.3 is 0 Å². The van der Waals surface area contributed by atoms with Crippen LogP contribution >= 0.6 is 11.6 Å². The molecule has 1 saturated heterocycles. The number of amides is 2. The predicted molar refractivity (Wildman–Crippen MR) is 71.7 cm³/mol. The van der Waals surface area contributed by atoms with Crippen LogP contribution in [-0.2, 0) is 9.59 Å². The number of fused-ring (bicyclic) bond motifs is 5. The van der Waals surface area contributed by atoms with E-state index in [1.807, 2.05) is 0 Å². The van der Waals surface area contributed by atoms with Crippen LogP contribution in [0.5, 0.6) is 0 Å². The van der Waals surface area contributed by atoms with E-state index in [2.05, 4.69) is 12.2 Å². The van der Waals surface area contributed by atoms with Crippen LogP contribution < -0.4 is 4.90 Å². The van der Waals surface area contributed by atoms with Crippen LogP contribution in [0.3, 0.4) is 0 Å². The average molecular weight is 274 g/mol. The normalized spacial score (nSPS) is 35.3. The highest BCUT2D eigenvalue weighted by Gasteiger charge is 2.59. The van der Waals surface area contributed by atoms with Gasteiger partial charge in [0.25, 0.3) is 0 Å². The van der Waals surface area contributed by atoms with Crippen molar-refractivity contribution in [3.63, 3.8) is 0 Å². The molecule has 4 heteroatoms. The number of imide groups is 1. The van der Waals surface area contributed by atoms with Gasteiger partial charge in [-0.05, 0) is 42.5 Å². The standard InChI is InChI=1S/C15H12ClNO2/c16-10-3-5-11(6-4-10)17-14(18)12-8-1-2-9(7-8)13(12)15(17)19/h1-6,8-9,12-13H,7H2/t8-,9+,12-,13+. The lowest BCUT2D eigenvalue weighted by Gasteiger charge is -2.17. The number of carbonyl (C=O) groups excluding carboxylic acids is 2. The topological polar surface area (TPSA) is 37.4 Å². The maximum absolute atomic E-state index is 12.5. The quantitative estimate of drug-likeness (QED) is 0.583. The van der Waals surface area contributed by atoms with Crippen molar-refractivity contribution < 1.29 is 9.59 Å². The van der Waals surface area contributed by atoms with Gasteiger partial charge in [-0.1, -0.05) is 23.8 Å². The zero-order chi connectivity index (χ0) is 13.1. The second-order valence-corrected chi connectivity index (χ2v) is 5.92. The van der Waals surface area contributed by atoms with Crippen molar-refractivity contribution in [3.8, 4) is 0 Å². The SMILES string of the molecule is O=C1[C@@H]2[C@H](C(=O)N1c1ccc(Cl)cc1)[C@@H]1C=C[C@H]2C1. The van der Waals surface area contributed by atoms with Crippen molar-refractivity contribution in [1.29, 1.82) is 0 Å². The van der Waals surface area contributed by atoms with Crippen LogP contribution in [-0.4, -0.2) is 11.8 Å². The van der Waals surface area contributed by atoms with E-state index in [0.29, 0.717) is 10.7 Å². The van der Waals surface area contributed by atoms with E-state index in [1.165, 1.54) is 4.90 Å². The number of rotatable bonds is 1. The number of nitrogens with zero attached hydrogens (tertiary/aromatic N) is 1. The van der Waals surface area contributed by atoms with Gasteiger partial charge in [-0.15, -0.1) is 0 Å². The molecule has 1 aromatic carbocycles. The second-order valence-electron chi connectivity index (χ2n) is 5.49. The first-order valence-electron chi connectivity index (χ1n) is 6.48. The molecule has 96 valence electrons. The molecule has 0 N–H and O–H groups in total. The van der Waals surface area contributed by atoms with Gasteiger partial charge in [0.05, 0.1) is 17.5 Å². The minimum absolute atomic E-state index is 0.0471. The zero-order valence-corrected chi connectivity index (χ0v) is 10.9. The van der Waals surface area contributed by atoms with E-state index >= 15 is 0 Å². The third-order valence-electron chi connectivity index (χ3n) is 4.56. The summed E-state index contributed by atoms with van der Waals surface area (Å²) in [5.41, 5.74) is 0.633. The molecule has 4 rings (SSSR count). The van der Waals surface area contributed by atoms with Gasteiger partial charge in [0.1, 0.15) is 0 Å². The molecule has 2 bridgehead atoms. The molecule has 1 heterocycles. The summed E-state index contributed by atoms with van der Waals surface area (Å²) in [6, 6.07) is 6.87. The summed E-state index contributed by atoms with van der Waals surface area (Å²) in [7, 11) is 0. The van der Waals surface area contributed by atoms with Gasteiger partial charge < -0.3 is 0 Å². The first kappa shape index (κ1) is 11.2. The summed E-state index contributed by atoms with van der Waals surface area (Å²) >= 11 is 5.84. The van der Waals surface area contributed by atoms with Crippen molar-refractivity contribution in [2.75, 3.05) is 4.90 Å². The molecular weight excluding hydrogens is 262 g/mol. The predicted octanol–water partition coefficient (Wildman–Crippen LogP) is 2.65. The Morgan fingerprint density at radius 1 is 0.947 bits per heavy atom. The maximum Gasteiger partial charge on any atom is 0.238 e. The van der Waals surface area contributed by atoms with Gasteiger partial charge in [-0.3, -0.25) is 14.5 Å². The fraction of sp³-hybridized carbons (Fsp3) is 0.333. The first-order valence-corrected chi connectivity index (χ1v) is 6.86. The van der Waals surface area contributed by atoms with E-state index in [9.17, 15) is 9.59 Å². The molecule has 3 nitrogen and oxygen atoms in total. The minimum atomic E-state index is -0.141. The highest BCUT2D eigenvalue weighted by Crippen LogP contribution is 2.53. The van der Waals surface area contributed by atoms with Crippen LogP contribution in [0, 0.1) is 23.7 Å². The van der Waals surface area contributed by atoms with E-state index in [0.717, 1.165) is 6.42 Å². The molecule has 0 spiro atoms. The Morgan fingerprint density at radius 3 is 2.00 bits per heavy atom. The molecule has 2 aliphatic carbocycles. The molecule has 1 aromatic rings. The van der Waals surface area contributed by atoms with E-state index in [4.69, 9.17) is 11.6 Å². The highest BCUT2D eigenvalue weighted by molar-refractivity contribution is 6.30. The Balaban J connectivity index is 1.74. The van der Waals surface area contributed by atoms with Crippen LogP contribution in [0.25, 0.3) is 0 Å². The molecule has 0 aromatic heterocycles. The lowest BCUT2D eigenvalue weighted by atomic mass is 9.85. The van der Waals surface area contributed by atoms with Crippen molar-refractivity contribution in [2.24, 2.45) is 23.7 Å². The Labute approximate surface area is 115 Å². The van der Waals surface area contributed by atoms with Crippen molar-refractivity contribution in [1.82, 2.24) is 0 Å². The lowest BCUT2D eigenvalue weighted by Crippen LogP contribution is -2.32. The van der Waals surface area contributed by atoms with Crippen LogP contribution in [0.4, 0.5) is 5.69 Å². The summed E-state index contributed by atoms with van der Waals surface area (Å²) < 4.78 is 0. The number of allylic oxidation sites excluding steroid dienone is 2. The molecule has 4 atom stereocenters. The van der Waals surface area contributed by atoms with Crippen molar-refractivity contribution in [2.45, 2.75) is 6.42 Å². The molecule has 19 heavy (non-hydrogen) atoms. The summed E-state index contributed by atoms with van der Waals surface area (Å²) in [6.45, 7) is 0. The summed E-state index contributed by atoms with van der Waals surface area (Å²) in [6.07, 6.45) is 5.16. The van der Waals surface area contributed by atoms with E-state index < -0.39 is 0 Å². The summed E-state index contributed by atoms with van der Waals surface area (Å²) in [5.74, 6) is 0.132. The van der Waals surface area contributed by atoms with E-state index in [-0.39, 0.29) is 35.5 Å². The van der Waals surface area contributed by atoms with E-state index in [1.54, 1.807) is 24.3 Å². The monoisotopic (exact) mass is 273 g/mol. The zero-order valence-electron chi connectivity index (χ0n) is 10.1. The smallest absolute Gasteiger partial charge is 0.238 e. The molecule has 1 aliphatic heterocycles. The number of halogens is 1. The number of hydrogen-bond donors (Lipinski definition) is 0. The summed E-state index contributed by atoms with van der Waals surface area (Å²) in [5, 5.41) is 0.602. The number of benzene rings is 1. The minimum Gasteiger partial charge on any atom is -0.274 e. The average Bonchev–Trinajstić information content (AvgIpc) is 3.06. The summed E-state index contributed by atoms with van der Waals surface area (Å²) in [4.78, 5) is 26.4. The third-order valence-corrected chi connectivity index (χ3v) is 4.81. The third kappa shape index (κ3) is 1.39. The largest absolute Gasteiger partial charge is 0.274 e. The highest BCUT2D eigenvalue weighted by atomic mass is 35.5. The second kappa shape index (κ2) is 3.70. The molecule has 0 radical (unpaired) electrons. The lowest BCUT2D eigenvalue weighted by molar-refractivity contribution is -0.123.